The maximum atomic E-state index is 11.3. The van der Waals surface area contributed by atoms with Gasteiger partial charge in [-0.25, -0.2) is 4.79 Å². The molecule has 1 aromatic rings. The fourth-order valence-corrected chi connectivity index (χ4v) is 1.34. The van der Waals surface area contributed by atoms with Crippen LogP contribution in [0.4, 0.5) is 5.69 Å². The van der Waals surface area contributed by atoms with Gasteiger partial charge in [0.05, 0.1) is 27.9 Å². The summed E-state index contributed by atoms with van der Waals surface area (Å²) >= 11 is 11.6. The molecule has 0 unspecified atom stereocenters. The number of benzene rings is 1. The highest BCUT2D eigenvalue weighted by molar-refractivity contribution is 6.45. The molecule has 0 spiro atoms. The molecule has 0 fully saturated rings. The van der Waals surface area contributed by atoms with Gasteiger partial charge in [0, 0.05) is 0 Å². The first kappa shape index (κ1) is 11.1. The van der Waals surface area contributed by atoms with E-state index in [-0.39, 0.29) is 22.2 Å². The van der Waals surface area contributed by atoms with Crippen LogP contribution in [0, 0.1) is 0 Å². The van der Waals surface area contributed by atoms with Crippen molar-refractivity contribution >= 4 is 34.9 Å². The molecule has 0 amide bonds. The van der Waals surface area contributed by atoms with Crippen LogP contribution in [0.1, 0.15) is 17.3 Å². The molecule has 0 bridgehead atoms. The van der Waals surface area contributed by atoms with E-state index in [4.69, 9.17) is 33.7 Å². The third-order valence-electron chi connectivity index (χ3n) is 1.61. The highest BCUT2D eigenvalue weighted by Crippen LogP contribution is 2.31. The number of hydrogen-bond acceptors (Lipinski definition) is 3. The van der Waals surface area contributed by atoms with Crippen LogP contribution < -0.4 is 5.73 Å². The van der Waals surface area contributed by atoms with E-state index in [2.05, 4.69) is 0 Å². The fraction of sp³-hybridized carbons (Fsp3) is 0.222. The number of nitrogen functional groups attached to an aromatic ring is 1. The molecule has 0 saturated carbocycles. The average Bonchev–Trinajstić information content (AvgIpc) is 2.15. The molecule has 0 saturated heterocycles. The minimum absolute atomic E-state index is 0.130. The Labute approximate surface area is 91.7 Å². The number of esters is 1. The Morgan fingerprint density at radius 1 is 1.43 bits per heavy atom. The first-order chi connectivity index (χ1) is 6.57. The first-order valence-electron chi connectivity index (χ1n) is 3.98. The second-order valence-corrected chi connectivity index (χ2v) is 3.31. The molecule has 0 aromatic heterocycles. The van der Waals surface area contributed by atoms with Crippen molar-refractivity contribution in [3.63, 3.8) is 0 Å². The van der Waals surface area contributed by atoms with Gasteiger partial charge in [0.2, 0.25) is 0 Å². The van der Waals surface area contributed by atoms with E-state index >= 15 is 0 Å². The normalized spacial score (nSPS) is 9.93. The van der Waals surface area contributed by atoms with Crippen molar-refractivity contribution in [2.45, 2.75) is 6.92 Å². The number of nitrogens with two attached hydrogens (primary N) is 1. The number of carbonyl (C=O) groups is 1. The van der Waals surface area contributed by atoms with E-state index in [1.165, 1.54) is 12.1 Å². The predicted octanol–water partition coefficient (Wildman–Crippen LogP) is 2.75. The highest BCUT2D eigenvalue weighted by Gasteiger charge is 2.15. The molecule has 0 aliphatic rings. The Bertz CT molecular complexity index is 366. The van der Waals surface area contributed by atoms with E-state index in [0.29, 0.717) is 5.69 Å². The lowest BCUT2D eigenvalue weighted by Gasteiger charge is -2.06. The van der Waals surface area contributed by atoms with Gasteiger partial charge in [-0.1, -0.05) is 23.2 Å². The number of halogens is 2. The first-order valence-corrected chi connectivity index (χ1v) is 4.74. The Balaban J connectivity index is 3.11. The van der Waals surface area contributed by atoms with Crippen molar-refractivity contribution in [2.75, 3.05) is 12.3 Å². The molecule has 1 aromatic carbocycles. The molecule has 0 heterocycles. The highest BCUT2D eigenvalue weighted by atomic mass is 35.5. The smallest absolute Gasteiger partial charge is 0.339 e. The van der Waals surface area contributed by atoms with Gasteiger partial charge in [0.1, 0.15) is 0 Å². The third-order valence-corrected chi connectivity index (χ3v) is 2.50. The van der Waals surface area contributed by atoms with E-state index < -0.39 is 5.97 Å². The Morgan fingerprint density at radius 2 is 2.07 bits per heavy atom. The Kier molecular flexibility index (Phi) is 3.61. The van der Waals surface area contributed by atoms with Crippen LogP contribution >= 0.6 is 23.2 Å². The van der Waals surface area contributed by atoms with Crippen LogP contribution in [0.15, 0.2) is 12.1 Å². The standard InChI is InChI=1S/C9H9Cl2NO2/c1-2-14-9(13)5-3-4-6(12)8(11)7(5)10/h3-4H,2,12H2,1H3. The third kappa shape index (κ3) is 2.11. The lowest BCUT2D eigenvalue weighted by molar-refractivity contribution is 0.0526. The van der Waals surface area contributed by atoms with E-state index in [1.54, 1.807) is 6.92 Å². The van der Waals surface area contributed by atoms with Crippen LogP contribution in [0.25, 0.3) is 0 Å². The molecule has 0 radical (unpaired) electrons. The zero-order chi connectivity index (χ0) is 10.7. The summed E-state index contributed by atoms with van der Waals surface area (Å²) in [5, 5.41) is 0.308. The summed E-state index contributed by atoms with van der Waals surface area (Å²) in [6.45, 7) is 2.00. The number of carbonyl (C=O) groups excluding carboxylic acids is 1. The molecular weight excluding hydrogens is 225 g/mol. The van der Waals surface area contributed by atoms with E-state index in [0.717, 1.165) is 0 Å². The van der Waals surface area contributed by atoms with Gasteiger partial charge >= 0.3 is 5.97 Å². The summed E-state index contributed by atoms with van der Waals surface area (Å²) in [6.07, 6.45) is 0. The lowest BCUT2D eigenvalue weighted by Crippen LogP contribution is -2.06. The Morgan fingerprint density at radius 3 is 2.64 bits per heavy atom. The zero-order valence-corrected chi connectivity index (χ0v) is 9.02. The summed E-state index contributed by atoms with van der Waals surface area (Å²) in [6, 6.07) is 3.00. The van der Waals surface area contributed by atoms with Gasteiger partial charge in [-0.3, -0.25) is 0 Å². The number of hydrogen-bond donors (Lipinski definition) is 1. The molecule has 3 nitrogen and oxygen atoms in total. The van der Waals surface area contributed by atoms with Crippen molar-refractivity contribution < 1.29 is 9.53 Å². The summed E-state index contributed by atoms with van der Waals surface area (Å²) in [5.41, 5.74) is 6.06. The summed E-state index contributed by atoms with van der Waals surface area (Å²) < 4.78 is 4.78. The van der Waals surface area contributed by atoms with E-state index in [9.17, 15) is 4.79 Å². The largest absolute Gasteiger partial charge is 0.462 e. The number of rotatable bonds is 2. The van der Waals surface area contributed by atoms with Crippen LogP contribution in [0.3, 0.4) is 0 Å². The summed E-state index contributed by atoms with van der Waals surface area (Å²) in [4.78, 5) is 11.3. The van der Waals surface area contributed by atoms with Gasteiger partial charge in [0.15, 0.2) is 0 Å². The van der Waals surface area contributed by atoms with Gasteiger partial charge < -0.3 is 10.5 Å². The van der Waals surface area contributed by atoms with Crippen LogP contribution in [0.5, 0.6) is 0 Å². The number of ether oxygens (including phenoxy) is 1. The van der Waals surface area contributed by atoms with Crippen molar-refractivity contribution in [3.05, 3.63) is 27.7 Å². The van der Waals surface area contributed by atoms with Gasteiger partial charge in [0.25, 0.3) is 0 Å². The monoisotopic (exact) mass is 233 g/mol. The minimum Gasteiger partial charge on any atom is -0.462 e. The quantitative estimate of drug-likeness (QED) is 0.632. The van der Waals surface area contributed by atoms with Crippen molar-refractivity contribution in [1.29, 1.82) is 0 Å². The Hall–Kier alpha value is -0.930. The SMILES string of the molecule is CCOC(=O)c1ccc(N)c(Cl)c1Cl. The molecule has 76 valence electrons. The molecule has 0 aliphatic heterocycles. The minimum atomic E-state index is -0.501. The molecule has 0 atom stereocenters. The van der Waals surface area contributed by atoms with Crippen molar-refractivity contribution in [3.8, 4) is 0 Å². The van der Waals surface area contributed by atoms with Crippen molar-refractivity contribution in [1.82, 2.24) is 0 Å². The molecule has 14 heavy (non-hydrogen) atoms. The maximum Gasteiger partial charge on any atom is 0.339 e. The summed E-state index contributed by atoms with van der Waals surface area (Å²) in [5.74, 6) is -0.501. The van der Waals surface area contributed by atoms with Gasteiger partial charge in [-0.15, -0.1) is 0 Å². The second kappa shape index (κ2) is 4.53. The lowest BCUT2D eigenvalue weighted by atomic mass is 10.2. The fourth-order valence-electron chi connectivity index (χ4n) is 0.931. The van der Waals surface area contributed by atoms with Crippen LogP contribution in [-0.4, -0.2) is 12.6 Å². The molecule has 2 N–H and O–H groups in total. The average molecular weight is 234 g/mol. The van der Waals surface area contributed by atoms with Crippen LogP contribution in [-0.2, 0) is 4.74 Å². The predicted molar refractivity (Wildman–Crippen MR) is 56.8 cm³/mol. The van der Waals surface area contributed by atoms with Gasteiger partial charge in [-0.2, -0.15) is 0 Å². The topological polar surface area (TPSA) is 52.3 Å². The number of anilines is 1. The maximum absolute atomic E-state index is 11.3. The van der Waals surface area contributed by atoms with Crippen LogP contribution in [0.2, 0.25) is 10.0 Å². The zero-order valence-electron chi connectivity index (χ0n) is 7.51. The molecular formula is C9H9Cl2NO2. The van der Waals surface area contributed by atoms with Gasteiger partial charge in [-0.05, 0) is 19.1 Å². The molecule has 1 rings (SSSR count). The molecule has 5 heteroatoms. The van der Waals surface area contributed by atoms with E-state index in [1.807, 2.05) is 0 Å². The van der Waals surface area contributed by atoms with Crippen molar-refractivity contribution in [2.24, 2.45) is 0 Å². The summed E-state index contributed by atoms with van der Waals surface area (Å²) in [7, 11) is 0. The molecule has 0 aliphatic carbocycles. The second-order valence-electron chi connectivity index (χ2n) is 2.55.